The summed E-state index contributed by atoms with van der Waals surface area (Å²) in [6.07, 6.45) is 5.37. The zero-order valence-corrected chi connectivity index (χ0v) is 19.8. The molecule has 0 aromatic rings. The molecule has 0 saturated heterocycles. The molecule has 0 fully saturated rings. The van der Waals surface area contributed by atoms with Crippen molar-refractivity contribution in [2.24, 2.45) is 0 Å². The van der Waals surface area contributed by atoms with Crippen LogP contribution >= 0.6 is 0 Å². The number of alkyl halides is 3. The van der Waals surface area contributed by atoms with Crippen LogP contribution in [0.2, 0.25) is 14.8 Å². The second kappa shape index (κ2) is 12.0. The predicted molar refractivity (Wildman–Crippen MR) is 101 cm³/mol. The molecule has 5 nitrogen and oxygen atoms in total. The van der Waals surface area contributed by atoms with Crippen molar-refractivity contribution in [1.29, 1.82) is 0 Å². The van der Waals surface area contributed by atoms with E-state index in [2.05, 4.69) is 35.7 Å². The fourth-order valence-electron chi connectivity index (χ4n) is 1.94. The van der Waals surface area contributed by atoms with Crippen LogP contribution < -0.4 is 0 Å². The monoisotopic (exact) mass is 522 g/mol. The molecule has 0 aromatic heterocycles. The third-order valence-corrected chi connectivity index (χ3v) is 7.81. The molecular formula is C17H29F3O5SSn. The summed E-state index contributed by atoms with van der Waals surface area (Å²) in [6, 6.07) is 0. The Balaban J connectivity index is 3.76. The van der Waals surface area contributed by atoms with E-state index in [1.54, 1.807) is 0 Å². The van der Waals surface area contributed by atoms with Crippen LogP contribution in [0.3, 0.4) is 0 Å². The maximum absolute atomic E-state index is 12.1. The quantitative estimate of drug-likeness (QED) is 0.0846. The van der Waals surface area contributed by atoms with Crippen molar-refractivity contribution < 1.29 is 35.3 Å². The van der Waals surface area contributed by atoms with Crippen molar-refractivity contribution in [3.05, 3.63) is 22.5 Å². The van der Waals surface area contributed by atoms with Gasteiger partial charge in [0.05, 0.1) is 0 Å². The maximum Gasteiger partial charge on any atom is 0.534 e. The Labute approximate surface area is 164 Å². The first-order valence-corrected chi connectivity index (χ1v) is 20.4. The summed E-state index contributed by atoms with van der Waals surface area (Å²) >= 11 is -1.90. The van der Waals surface area contributed by atoms with Gasteiger partial charge in [0, 0.05) is 0 Å². The minimum absolute atomic E-state index is 0.00484. The number of hydrogen-bond acceptors (Lipinski definition) is 5. The van der Waals surface area contributed by atoms with Gasteiger partial charge in [-0.2, -0.15) is 21.6 Å². The fourth-order valence-corrected chi connectivity index (χ4v) is 4.92. The van der Waals surface area contributed by atoms with Crippen molar-refractivity contribution in [2.45, 2.75) is 65.3 Å². The number of allylic oxidation sites excluding steroid dienone is 1. The summed E-state index contributed by atoms with van der Waals surface area (Å²) < 4.78 is 69.3. The zero-order chi connectivity index (χ0) is 21.1. The number of rotatable bonds is 13. The molecule has 0 unspecified atom stereocenters. The van der Waals surface area contributed by atoms with Crippen LogP contribution in [0, 0.1) is 0 Å². The summed E-state index contributed by atoms with van der Waals surface area (Å²) in [6.45, 7) is 3.55. The summed E-state index contributed by atoms with van der Waals surface area (Å²) in [5, 5.41) is 0. The number of carbonyl (C=O) groups excluding carboxylic acids is 1. The van der Waals surface area contributed by atoms with E-state index in [-0.39, 0.29) is 18.8 Å². The van der Waals surface area contributed by atoms with Gasteiger partial charge >= 0.3 is 126 Å². The van der Waals surface area contributed by atoms with Crippen molar-refractivity contribution in [1.82, 2.24) is 0 Å². The van der Waals surface area contributed by atoms with E-state index in [0.29, 0.717) is 38.7 Å². The fraction of sp³-hybridized carbons (Fsp3) is 0.706. The molecule has 0 spiro atoms. The van der Waals surface area contributed by atoms with Gasteiger partial charge in [0.15, 0.2) is 0 Å². The van der Waals surface area contributed by atoms with E-state index in [9.17, 15) is 26.4 Å². The normalized spacial score (nSPS) is 13.0. The van der Waals surface area contributed by atoms with Gasteiger partial charge in [-0.3, -0.25) is 0 Å². The molecule has 0 amide bonds. The van der Waals surface area contributed by atoms with Gasteiger partial charge in [-0.05, 0) is 0 Å². The van der Waals surface area contributed by atoms with Crippen molar-refractivity contribution >= 4 is 34.5 Å². The SMILES string of the molecule is C=C(CCCCCCC(=O)OCC/C=[CH]/[Sn]([CH3])([CH3])[CH3])OS(=O)(=O)C(F)(F)F. The van der Waals surface area contributed by atoms with Crippen molar-refractivity contribution in [3.63, 3.8) is 0 Å². The van der Waals surface area contributed by atoms with Gasteiger partial charge < -0.3 is 4.18 Å². The molecule has 0 atom stereocenters. The molecule has 0 rings (SSSR count). The standard InChI is InChI=1S/C14H20F3O5S.3CH3.Sn/c1-3-4-11-21-13(18)10-8-6-5-7-9-12(2)22-23(19,20)14(15,16)17;;;;/h1,3H,2,4-11H2;3*1H3;. The maximum atomic E-state index is 12.1. The van der Waals surface area contributed by atoms with E-state index in [0.717, 1.165) is 0 Å². The van der Waals surface area contributed by atoms with Crippen LogP contribution in [-0.2, 0) is 23.8 Å². The predicted octanol–water partition coefficient (Wildman–Crippen LogP) is 5.07. The molecule has 0 bridgehead atoms. The first kappa shape index (κ1) is 26.3. The topological polar surface area (TPSA) is 69.7 Å². The van der Waals surface area contributed by atoms with Crippen molar-refractivity contribution in [3.8, 4) is 0 Å². The summed E-state index contributed by atoms with van der Waals surface area (Å²) in [5.41, 5.74) is -5.46. The summed E-state index contributed by atoms with van der Waals surface area (Å²) in [7, 11) is -5.64. The first-order chi connectivity index (χ1) is 12.2. The Hall–Kier alpha value is -0.711. The molecule has 27 heavy (non-hydrogen) atoms. The minimum atomic E-state index is -5.64. The molecule has 10 heteroatoms. The molecule has 0 aliphatic carbocycles. The average molecular weight is 521 g/mol. The van der Waals surface area contributed by atoms with Crippen LogP contribution in [0.4, 0.5) is 13.2 Å². The molecular weight excluding hydrogens is 492 g/mol. The van der Waals surface area contributed by atoms with Crippen LogP contribution in [0.5, 0.6) is 0 Å². The molecule has 0 radical (unpaired) electrons. The molecule has 0 saturated carbocycles. The van der Waals surface area contributed by atoms with Gasteiger partial charge in [-0.15, -0.1) is 0 Å². The largest absolute Gasteiger partial charge is 0.534 e. The van der Waals surface area contributed by atoms with E-state index >= 15 is 0 Å². The summed E-state index contributed by atoms with van der Waals surface area (Å²) in [5.74, 6) is -0.716. The van der Waals surface area contributed by atoms with Gasteiger partial charge in [0.1, 0.15) is 5.76 Å². The van der Waals surface area contributed by atoms with Crippen molar-refractivity contribution in [2.75, 3.05) is 6.61 Å². The van der Waals surface area contributed by atoms with Crippen LogP contribution in [0.15, 0.2) is 22.5 Å². The van der Waals surface area contributed by atoms with E-state index in [1.165, 1.54) is 0 Å². The number of hydrogen-bond donors (Lipinski definition) is 0. The molecule has 0 aliphatic heterocycles. The molecule has 0 aromatic carbocycles. The van der Waals surface area contributed by atoms with Gasteiger partial charge in [0.25, 0.3) is 0 Å². The summed E-state index contributed by atoms with van der Waals surface area (Å²) in [4.78, 5) is 18.4. The Morgan fingerprint density at radius 2 is 1.63 bits per heavy atom. The Morgan fingerprint density at radius 3 is 2.15 bits per heavy atom. The molecule has 0 N–H and O–H groups in total. The van der Waals surface area contributed by atoms with Gasteiger partial charge in [-0.1, -0.05) is 6.58 Å². The Morgan fingerprint density at radius 1 is 1.07 bits per heavy atom. The molecule has 0 heterocycles. The molecule has 0 aliphatic rings. The first-order valence-electron chi connectivity index (χ1n) is 8.76. The number of ether oxygens (including phenoxy) is 1. The van der Waals surface area contributed by atoms with Crippen LogP contribution in [0.25, 0.3) is 0 Å². The second-order valence-corrected chi connectivity index (χ2v) is 23.2. The Kier molecular flexibility index (Phi) is 11.7. The zero-order valence-electron chi connectivity index (χ0n) is 16.1. The van der Waals surface area contributed by atoms with Gasteiger partial charge in [0.2, 0.25) is 0 Å². The third kappa shape index (κ3) is 14.0. The number of esters is 1. The minimum Gasteiger partial charge on any atom is -0.381 e. The van der Waals surface area contributed by atoms with E-state index in [1.807, 2.05) is 0 Å². The Bertz CT molecular complexity index is 607. The van der Waals surface area contributed by atoms with E-state index in [4.69, 9.17) is 4.74 Å². The number of halogens is 3. The third-order valence-electron chi connectivity index (χ3n) is 3.26. The average Bonchev–Trinajstić information content (AvgIpc) is 2.47. The van der Waals surface area contributed by atoms with Crippen LogP contribution in [-0.4, -0.2) is 44.9 Å². The van der Waals surface area contributed by atoms with E-state index < -0.39 is 39.8 Å². The number of unbranched alkanes of at least 4 members (excludes halogenated alkanes) is 3. The number of carbonyl (C=O) groups is 1. The van der Waals surface area contributed by atoms with Gasteiger partial charge in [-0.25, -0.2) is 0 Å². The second-order valence-electron chi connectivity index (χ2n) is 7.21. The van der Waals surface area contributed by atoms with Crippen LogP contribution in [0.1, 0.15) is 44.9 Å². The molecule has 158 valence electrons. The smallest absolute Gasteiger partial charge is 0.381 e.